The highest BCUT2D eigenvalue weighted by Crippen LogP contribution is 2.24. The molecule has 0 aliphatic carbocycles. The second-order valence-corrected chi connectivity index (χ2v) is 5.25. The van der Waals surface area contributed by atoms with Crippen molar-refractivity contribution in [2.75, 3.05) is 0 Å². The van der Waals surface area contributed by atoms with Gasteiger partial charge in [0.1, 0.15) is 18.2 Å². The third-order valence-electron chi connectivity index (χ3n) is 2.74. The van der Waals surface area contributed by atoms with E-state index >= 15 is 0 Å². The second-order valence-electron chi connectivity index (χ2n) is 4.33. The van der Waals surface area contributed by atoms with Gasteiger partial charge in [0.15, 0.2) is 0 Å². The molecule has 0 atom stereocenters. The van der Waals surface area contributed by atoms with Gasteiger partial charge in [-0.25, -0.2) is 9.18 Å². The molecule has 2 rings (SSSR count). The maximum atomic E-state index is 13.1. The second kappa shape index (κ2) is 7.08. The zero-order valence-corrected chi connectivity index (χ0v) is 12.6. The summed E-state index contributed by atoms with van der Waals surface area (Å²) in [6, 6.07) is 11.4. The van der Waals surface area contributed by atoms with Crippen molar-refractivity contribution in [2.45, 2.75) is 13.2 Å². The number of halogens is 2. The molecule has 4 nitrogen and oxygen atoms in total. The number of carboxylic acid groups (broad SMARTS) is 1. The van der Waals surface area contributed by atoms with Gasteiger partial charge >= 0.3 is 6.09 Å². The van der Waals surface area contributed by atoms with Crippen LogP contribution in [-0.2, 0) is 13.2 Å². The molecule has 0 heterocycles. The number of nitrogens with one attached hydrogen (secondary N) is 1. The van der Waals surface area contributed by atoms with Crippen molar-refractivity contribution in [1.82, 2.24) is 5.32 Å². The van der Waals surface area contributed by atoms with Gasteiger partial charge in [-0.1, -0.05) is 28.1 Å². The quantitative estimate of drug-likeness (QED) is 0.855. The van der Waals surface area contributed by atoms with Gasteiger partial charge in [-0.2, -0.15) is 0 Å². The van der Waals surface area contributed by atoms with Crippen molar-refractivity contribution in [2.24, 2.45) is 0 Å². The fraction of sp³-hybridized carbons (Fsp3) is 0.133. The van der Waals surface area contributed by atoms with Crippen LogP contribution in [0.1, 0.15) is 11.1 Å². The third-order valence-corrected chi connectivity index (χ3v) is 3.23. The van der Waals surface area contributed by atoms with Gasteiger partial charge in [0.05, 0.1) is 0 Å². The summed E-state index contributed by atoms with van der Waals surface area (Å²) in [6.45, 7) is 0.340. The zero-order chi connectivity index (χ0) is 15.2. The van der Waals surface area contributed by atoms with E-state index in [1.165, 1.54) is 12.1 Å². The predicted octanol–water partition coefficient (Wildman–Crippen LogP) is 3.93. The predicted molar refractivity (Wildman–Crippen MR) is 79.7 cm³/mol. The molecule has 0 radical (unpaired) electrons. The lowest BCUT2D eigenvalue weighted by atomic mass is 10.2. The molecule has 0 aromatic heterocycles. The summed E-state index contributed by atoms with van der Waals surface area (Å²) in [7, 11) is 0. The van der Waals surface area contributed by atoms with E-state index in [0.29, 0.717) is 16.9 Å². The number of benzene rings is 2. The van der Waals surface area contributed by atoms with E-state index in [-0.39, 0.29) is 19.0 Å². The van der Waals surface area contributed by atoms with Crippen molar-refractivity contribution >= 4 is 22.0 Å². The average Bonchev–Trinajstić information content (AvgIpc) is 2.44. The lowest BCUT2D eigenvalue weighted by molar-refractivity contribution is 0.193. The van der Waals surface area contributed by atoms with E-state index in [9.17, 15) is 9.18 Å². The van der Waals surface area contributed by atoms with Crippen LogP contribution in [0.25, 0.3) is 0 Å². The van der Waals surface area contributed by atoms with Crippen LogP contribution in [0.3, 0.4) is 0 Å². The Morgan fingerprint density at radius 1 is 1.29 bits per heavy atom. The maximum absolute atomic E-state index is 13.1. The van der Waals surface area contributed by atoms with E-state index in [2.05, 4.69) is 21.2 Å². The van der Waals surface area contributed by atoms with E-state index in [1.54, 1.807) is 30.3 Å². The van der Waals surface area contributed by atoms with E-state index in [1.807, 2.05) is 0 Å². The molecule has 0 spiro atoms. The van der Waals surface area contributed by atoms with Crippen LogP contribution in [-0.4, -0.2) is 11.2 Å². The number of carbonyl (C=O) groups is 1. The highest BCUT2D eigenvalue weighted by molar-refractivity contribution is 9.10. The molecule has 0 bridgehead atoms. The van der Waals surface area contributed by atoms with Gasteiger partial charge in [0, 0.05) is 16.6 Å². The lowest BCUT2D eigenvalue weighted by Crippen LogP contribution is -2.20. The first-order chi connectivity index (χ1) is 10.0. The third kappa shape index (κ3) is 4.75. The van der Waals surface area contributed by atoms with Crippen LogP contribution in [0, 0.1) is 5.82 Å². The Bertz CT molecular complexity index is 649. The van der Waals surface area contributed by atoms with Crippen LogP contribution < -0.4 is 10.1 Å². The van der Waals surface area contributed by atoms with Crippen molar-refractivity contribution < 1.29 is 19.0 Å². The minimum Gasteiger partial charge on any atom is -0.489 e. The number of amides is 1. The van der Waals surface area contributed by atoms with E-state index < -0.39 is 6.09 Å². The van der Waals surface area contributed by atoms with Gasteiger partial charge in [-0.3, -0.25) is 0 Å². The molecule has 0 saturated carbocycles. The minimum atomic E-state index is -1.11. The summed E-state index contributed by atoms with van der Waals surface area (Å²) in [4.78, 5) is 10.6. The molecule has 110 valence electrons. The molecule has 2 aromatic carbocycles. The molecular weight excluding hydrogens is 341 g/mol. The van der Waals surface area contributed by atoms with Crippen molar-refractivity contribution in [3.8, 4) is 5.75 Å². The summed E-state index contributed by atoms with van der Waals surface area (Å²) in [5.74, 6) is 0.232. The van der Waals surface area contributed by atoms with Gasteiger partial charge in [0.25, 0.3) is 0 Å². The van der Waals surface area contributed by atoms with Crippen LogP contribution in [0.4, 0.5) is 9.18 Å². The van der Waals surface area contributed by atoms with Crippen LogP contribution in [0.15, 0.2) is 46.9 Å². The molecule has 6 heteroatoms. The Balaban J connectivity index is 2.09. The molecule has 0 unspecified atom stereocenters. The fourth-order valence-electron chi connectivity index (χ4n) is 1.79. The Hall–Kier alpha value is -2.08. The number of ether oxygens (including phenoxy) is 1. The molecule has 0 saturated heterocycles. The highest BCUT2D eigenvalue weighted by atomic mass is 79.9. The molecule has 0 aliphatic heterocycles. The van der Waals surface area contributed by atoms with Gasteiger partial charge in [-0.15, -0.1) is 0 Å². The number of hydrogen-bond acceptors (Lipinski definition) is 2. The highest BCUT2D eigenvalue weighted by Gasteiger charge is 2.07. The van der Waals surface area contributed by atoms with Crippen molar-refractivity contribution in [3.05, 3.63) is 63.9 Å². The maximum Gasteiger partial charge on any atom is 0.404 e. The van der Waals surface area contributed by atoms with Gasteiger partial charge < -0.3 is 15.2 Å². The summed E-state index contributed by atoms with van der Waals surface area (Å²) in [6.07, 6.45) is -1.11. The summed E-state index contributed by atoms with van der Waals surface area (Å²) in [5, 5.41) is 11.0. The summed E-state index contributed by atoms with van der Waals surface area (Å²) >= 11 is 3.33. The standard InChI is InChI=1S/C15H13BrFNO3/c16-12-4-5-14(11(7-12)8-18-15(19)20)21-9-10-2-1-3-13(17)6-10/h1-7,18H,8-9H2,(H,19,20). The summed E-state index contributed by atoms with van der Waals surface area (Å²) < 4.78 is 19.6. The largest absolute Gasteiger partial charge is 0.489 e. The fourth-order valence-corrected chi connectivity index (χ4v) is 2.19. The summed E-state index contributed by atoms with van der Waals surface area (Å²) in [5.41, 5.74) is 1.40. The van der Waals surface area contributed by atoms with Crippen molar-refractivity contribution in [1.29, 1.82) is 0 Å². The topological polar surface area (TPSA) is 58.6 Å². The van der Waals surface area contributed by atoms with Crippen LogP contribution in [0.5, 0.6) is 5.75 Å². The van der Waals surface area contributed by atoms with E-state index in [0.717, 1.165) is 4.47 Å². The minimum absolute atomic E-state index is 0.132. The molecule has 1 amide bonds. The smallest absolute Gasteiger partial charge is 0.404 e. The van der Waals surface area contributed by atoms with Gasteiger partial charge in [-0.05, 0) is 35.9 Å². The zero-order valence-electron chi connectivity index (χ0n) is 11.0. The molecule has 0 fully saturated rings. The Labute approximate surface area is 129 Å². The Kier molecular flexibility index (Phi) is 5.16. The first-order valence-electron chi connectivity index (χ1n) is 6.17. The molecule has 2 N–H and O–H groups in total. The molecule has 2 aromatic rings. The lowest BCUT2D eigenvalue weighted by Gasteiger charge is -2.12. The molecular formula is C15H13BrFNO3. The molecule has 21 heavy (non-hydrogen) atoms. The number of hydrogen-bond donors (Lipinski definition) is 2. The van der Waals surface area contributed by atoms with Crippen LogP contribution >= 0.6 is 15.9 Å². The first-order valence-corrected chi connectivity index (χ1v) is 6.96. The first kappa shape index (κ1) is 15.3. The van der Waals surface area contributed by atoms with E-state index in [4.69, 9.17) is 9.84 Å². The Morgan fingerprint density at radius 2 is 2.10 bits per heavy atom. The Morgan fingerprint density at radius 3 is 2.81 bits per heavy atom. The van der Waals surface area contributed by atoms with Crippen LogP contribution in [0.2, 0.25) is 0 Å². The van der Waals surface area contributed by atoms with Gasteiger partial charge in [0.2, 0.25) is 0 Å². The number of rotatable bonds is 5. The average molecular weight is 354 g/mol. The normalized spacial score (nSPS) is 10.2. The SMILES string of the molecule is O=C(O)NCc1cc(Br)ccc1OCc1cccc(F)c1. The molecule has 0 aliphatic rings. The monoisotopic (exact) mass is 353 g/mol. The van der Waals surface area contributed by atoms with Crippen molar-refractivity contribution in [3.63, 3.8) is 0 Å².